The lowest BCUT2D eigenvalue weighted by atomic mass is 10.1. The molecule has 1 heterocycles. The number of anilines is 1. The number of hydrogen-bond donors (Lipinski definition) is 3. The fourth-order valence-electron chi connectivity index (χ4n) is 2.29. The minimum atomic E-state index is -0.456. The first-order valence-corrected chi connectivity index (χ1v) is 7.15. The Bertz CT molecular complexity index is 935. The molecule has 0 fully saturated rings. The molecule has 2 aromatic carbocycles. The molecule has 0 saturated carbocycles. The molecule has 0 aliphatic carbocycles. The van der Waals surface area contributed by atoms with Crippen LogP contribution in [-0.4, -0.2) is 11.1 Å². The maximum atomic E-state index is 12.3. The Labute approximate surface area is 136 Å². The van der Waals surface area contributed by atoms with E-state index in [1.165, 1.54) is 24.3 Å². The van der Waals surface area contributed by atoms with E-state index in [1.54, 1.807) is 0 Å². The van der Waals surface area contributed by atoms with Gasteiger partial charge in [-0.2, -0.15) is 0 Å². The first-order chi connectivity index (χ1) is 11.5. The van der Waals surface area contributed by atoms with Crippen molar-refractivity contribution in [2.45, 2.75) is 6.54 Å². The Hall–Kier alpha value is -3.16. The second kappa shape index (κ2) is 6.53. The average molecular weight is 324 g/mol. The van der Waals surface area contributed by atoms with Crippen molar-refractivity contribution in [1.29, 1.82) is 5.41 Å². The smallest absolute Gasteiger partial charge is 0.257 e. The van der Waals surface area contributed by atoms with Crippen LogP contribution in [0.2, 0.25) is 0 Å². The van der Waals surface area contributed by atoms with Gasteiger partial charge in [-0.1, -0.05) is 30.3 Å². The molecule has 3 N–H and O–H groups in total. The molecule has 0 spiro atoms. The number of rotatable bonds is 4. The minimum Gasteiger partial charge on any atom is -0.733 e. The normalized spacial score (nSPS) is 10.6. The van der Waals surface area contributed by atoms with E-state index in [4.69, 9.17) is 15.0 Å². The van der Waals surface area contributed by atoms with Gasteiger partial charge in [0.1, 0.15) is 11.1 Å². The van der Waals surface area contributed by atoms with Crippen molar-refractivity contribution in [3.8, 4) is 0 Å². The van der Waals surface area contributed by atoms with Gasteiger partial charge in [0.2, 0.25) is 5.55 Å². The monoisotopic (exact) mass is 324 g/mol. The highest BCUT2D eigenvalue weighted by atomic mass is 16.8. The van der Waals surface area contributed by atoms with Crippen LogP contribution in [0.5, 0.6) is 0 Å². The summed E-state index contributed by atoms with van der Waals surface area (Å²) in [7, 11) is 0. The second-order valence-electron chi connectivity index (χ2n) is 5.15. The second-order valence-corrected chi connectivity index (χ2v) is 5.15. The van der Waals surface area contributed by atoms with E-state index < -0.39 is 5.91 Å². The van der Waals surface area contributed by atoms with Crippen LogP contribution in [0, 0.1) is 10.6 Å². The van der Waals surface area contributed by atoms with E-state index >= 15 is 0 Å². The highest BCUT2D eigenvalue weighted by molar-refractivity contribution is 5.96. The highest BCUT2D eigenvalue weighted by Gasteiger charge is 2.12. The van der Waals surface area contributed by atoms with Crippen molar-refractivity contribution < 1.29 is 14.4 Å². The van der Waals surface area contributed by atoms with E-state index in [1.807, 2.05) is 30.3 Å². The molecule has 0 aliphatic heterocycles. The number of nitrogens with zero attached hydrogens (tertiary/aromatic N) is 1. The van der Waals surface area contributed by atoms with Crippen LogP contribution in [0.3, 0.4) is 0 Å². The van der Waals surface area contributed by atoms with Crippen molar-refractivity contribution in [3.05, 3.63) is 76.5 Å². The Morgan fingerprint density at radius 3 is 2.67 bits per heavy atom. The van der Waals surface area contributed by atoms with Gasteiger partial charge in [-0.05, 0) is 29.8 Å². The molecule has 0 aliphatic rings. The molecule has 0 unspecified atom stereocenters. The zero-order chi connectivity index (χ0) is 17.1. The fraction of sp³-hybridized carbons (Fsp3) is 0.0588. The lowest BCUT2D eigenvalue weighted by molar-refractivity contribution is 0.0946. The average Bonchev–Trinajstić information content (AvgIpc) is 2.59. The van der Waals surface area contributed by atoms with Crippen molar-refractivity contribution in [1.82, 2.24) is 5.32 Å². The molecule has 0 atom stereocenters. The number of hydrogen-bond acceptors (Lipinski definition) is 6. The third-order valence-electron chi connectivity index (χ3n) is 3.51. The van der Waals surface area contributed by atoms with E-state index in [2.05, 4.69) is 5.32 Å². The van der Waals surface area contributed by atoms with Crippen LogP contribution >= 0.6 is 0 Å². The number of fused-ring (bicyclic) bond motifs is 1. The SMILES string of the molecule is N=c1oc2ccc(N([O-])O)cc2cc1C(=O)NCc1ccccc1. The number of nitrogens with one attached hydrogen (secondary N) is 2. The molecule has 7 nitrogen and oxygen atoms in total. The van der Waals surface area contributed by atoms with Gasteiger partial charge in [0.25, 0.3) is 5.91 Å². The molecule has 1 amide bonds. The molecule has 3 rings (SSSR count). The van der Waals surface area contributed by atoms with E-state index in [0.717, 1.165) is 5.56 Å². The van der Waals surface area contributed by atoms with Gasteiger partial charge in [0, 0.05) is 11.9 Å². The fourth-order valence-corrected chi connectivity index (χ4v) is 2.29. The summed E-state index contributed by atoms with van der Waals surface area (Å²) in [5.41, 5.74) is 1.05. The van der Waals surface area contributed by atoms with Gasteiger partial charge in [0.15, 0.2) is 0 Å². The summed E-state index contributed by atoms with van der Waals surface area (Å²) in [5.74, 6) is -0.456. The summed E-state index contributed by atoms with van der Waals surface area (Å²) in [4.78, 5) is 12.3. The minimum absolute atomic E-state index is 0.00562. The molecule has 7 heteroatoms. The molecular formula is C17H14N3O4-. The summed E-state index contributed by atoms with van der Waals surface area (Å²) in [6.07, 6.45) is 0. The van der Waals surface area contributed by atoms with Gasteiger partial charge in [-0.15, -0.1) is 0 Å². The lowest BCUT2D eigenvalue weighted by Crippen LogP contribution is -2.27. The van der Waals surface area contributed by atoms with Crippen LogP contribution in [0.15, 0.2) is 59.0 Å². The van der Waals surface area contributed by atoms with Crippen molar-refractivity contribution in [3.63, 3.8) is 0 Å². The number of benzene rings is 2. The Balaban J connectivity index is 1.88. The Kier molecular flexibility index (Phi) is 4.28. The quantitative estimate of drug-likeness (QED) is 0.638. The van der Waals surface area contributed by atoms with Crippen molar-refractivity contribution in [2.24, 2.45) is 0 Å². The number of carbonyl (C=O) groups excluding carboxylic acids is 1. The summed E-state index contributed by atoms with van der Waals surface area (Å²) >= 11 is 0. The van der Waals surface area contributed by atoms with Gasteiger partial charge in [-0.3, -0.25) is 15.4 Å². The van der Waals surface area contributed by atoms with E-state index in [-0.39, 0.29) is 22.0 Å². The first kappa shape index (κ1) is 15.7. The molecule has 24 heavy (non-hydrogen) atoms. The van der Waals surface area contributed by atoms with Crippen LogP contribution in [-0.2, 0) is 6.54 Å². The molecule has 3 aromatic rings. The Morgan fingerprint density at radius 2 is 1.96 bits per heavy atom. The first-order valence-electron chi connectivity index (χ1n) is 7.15. The molecule has 0 radical (unpaired) electrons. The summed E-state index contributed by atoms with van der Waals surface area (Å²) in [6.45, 7) is 0.322. The van der Waals surface area contributed by atoms with Gasteiger partial charge in [0.05, 0.1) is 5.69 Å². The molecular weight excluding hydrogens is 310 g/mol. The van der Waals surface area contributed by atoms with Crippen LogP contribution < -0.4 is 16.1 Å². The number of amides is 1. The zero-order valence-corrected chi connectivity index (χ0v) is 12.5. The molecule has 122 valence electrons. The largest absolute Gasteiger partial charge is 0.733 e. The third-order valence-corrected chi connectivity index (χ3v) is 3.51. The molecule has 0 bridgehead atoms. The predicted octanol–water partition coefficient (Wildman–Crippen LogP) is 2.54. The van der Waals surface area contributed by atoms with Crippen LogP contribution in [0.1, 0.15) is 15.9 Å². The number of carbonyl (C=O) groups is 1. The maximum absolute atomic E-state index is 12.3. The van der Waals surface area contributed by atoms with E-state index in [9.17, 15) is 10.0 Å². The summed E-state index contributed by atoms with van der Waals surface area (Å²) < 4.78 is 5.30. The summed E-state index contributed by atoms with van der Waals surface area (Å²) in [6, 6.07) is 15.0. The summed E-state index contributed by atoms with van der Waals surface area (Å²) in [5, 5.41) is 30.6. The maximum Gasteiger partial charge on any atom is 0.257 e. The molecule has 0 saturated heterocycles. The highest BCUT2D eigenvalue weighted by Crippen LogP contribution is 2.20. The van der Waals surface area contributed by atoms with Crippen LogP contribution in [0.25, 0.3) is 11.0 Å². The van der Waals surface area contributed by atoms with Gasteiger partial charge in [-0.25, -0.2) is 0 Å². The zero-order valence-electron chi connectivity index (χ0n) is 12.5. The predicted molar refractivity (Wildman–Crippen MR) is 87.3 cm³/mol. The standard InChI is InChI=1S/C17H14N3O4/c18-16-14(17(21)19-10-11-4-2-1-3-5-11)9-12-8-13(20(22)23)6-7-15(12)24-16/h1-9,18,22H,10H2,(H,19,21)/q-1. The van der Waals surface area contributed by atoms with Crippen LogP contribution in [0.4, 0.5) is 5.69 Å². The molecule has 1 aromatic heterocycles. The lowest BCUT2D eigenvalue weighted by Gasteiger charge is -2.21. The van der Waals surface area contributed by atoms with Gasteiger partial charge < -0.3 is 20.2 Å². The van der Waals surface area contributed by atoms with Crippen molar-refractivity contribution >= 4 is 22.6 Å². The Morgan fingerprint density at radius 1 is 1.21 bits per heavy atom. The van der Waals surface area contributed by atoms with E-state index in [0.29, 0.717) is 17.5 Å². The topological polar surface area (TPSA) is 113 Å². The van der Waals surface area contributed by atoms with Gasteiger partial charge >= 0.3 is 0 Å². The van der Waals surface area contributed by atoms with Crippen molar-refractivity contribution in [2.75, 3.05) is 5.23 Å². The third kappa shape index (κ3) is 3.27.